The molecule has 2 heterocycles. The second-order valence-electron chi connectivity index (χ2n) is 10.9. The maximum atomic E-state index is 13.3. The van der Waals surface area contributed by atoms with Gasteiger partial charge in [0, 0.05) is 24.7 Å². The highest BCUT2D eigenvalue weighted by Crippen LogP contribution is 2.59. The number of ether oxygens (including phenoxy) is 1. The van der Waals surface area contributed by atoms with Crippen LogP contribution in [0.15, 0.2) is 24.4 Å². The Labute approximate surface area is 188 Å². The summed E-state index contributed by atoms with van der Waals surface area (Å²) in [4.78, 5) is 13.3. The summed E-state index contributed by atoms with van der Waals surface area (Å²) < 4.78 is 7.22. The first kappa shape index (κ1) is 20.1. The molecular formula is C25H31ClN2O3. The lowest BCUT2D eigenvalue weighted by Crippen LogP contribution is -2.51. The van der Waals surface area contributed by atoms with Gasteiger partial charge in [-0.05, 0) is 80.2 Å². The first-order chi connectivity index (χ1) is 14.9. The van der Waals surface area contributed by atoms with Crippen LogP contribution in [-0.4, -0.2) is 40.9 Å². The molecule has 2 aromatic rings. The molecule has 1 amide bonds. The van der Waals surface area contributed by atoms with E-state index in [2.05, 4.69) is 9.88 Å². The van der Waals surface area contributed by atoms with Crippen LogP contribution in [0.2, 0.25) is 5.02 Å². The average Bonchev–Trinajstić information content (AvgIpc) is 3.08. The number of aliphatic hydroxyl groups is 1. The van der Waals surface area contributed by atoms with E-state index in [-0.39, 0.29) is 5.91 Å². The molecular weight excluding hydrogens is 412 g/mol. The Morgan fingerprint density at radius 2 is 1.84 bits per heavy atom. The van der Waals surface area contributed by atoms with Gasteiger partial charge in [-0.25, -0.2) is 0 Å². The van der Waals surface area contributed by atoms with Crippen LogP contribution in [0.1, 0.15) is 55.3 Å². The number of aromatic nitrogens is 1. The van der Waals surface area contributed by atoms with Crippen LogP contribution in [0.3, 0.4) is 0 Å². The fraction of sp³-hybridized carbons (Fsp3) is 0.640. The fourth-order valence-corrected chi connectivity index (χ4v) is 7.62. The summed E-state index contributed by atoms with van der Waals surface area (Å²) >= 11 is 6.54. The molecule has 1 aromatic heterocycles. The molecule has 1 aliphatic heterocycles. The van der Waals surface area contributed by atoms with E-state index in [4.69, 9.17) is 16.3 Å². The molecule has 5 aliphatic rings. The quantitative estimate of drug-likeness (QED) is 0.697. The summed E-state index contributed by atoms with van der Waals surface area (Å²) in [6.45, 7) is 2.17. The summed E-state index contributed by atoms with van der Waals surface area (Å²) in [5.74, 6) is 2.60. The van der Waals surface area contributed by atoms with Gasteiger partial charge in [0.15, 0.2) is 0 Å². The van der Waals surface area contributed by atoms with Crippen molar-refractivity contribution in [2.45, 2.75) is 57.1 Å². The summed E-state index contributed by atoms with van der Waals surface area (Å²) in [5, 5.41) is 15.1. The van der Waals surface area contributed by atoms with E-state index in [1.807, 2.05) is 24.4 Å². The maximum absolute atomic E-state index is 13.3. The smallest absolute Gasteiger partial charge is 0.253 e. The van der Waals surface area contributed by atoms with Crippen molar-refractivity contribution < 1.29 is 14.6 Å². The number of aryl methyl sites for hydroxylation is 1. The van der Waals surface area contributed by atoms with Gasteiger partial charge in [-0.2, -0.15) is 0 Å². The zero-order valence-corrected chi connectivity index (χ0v) is 18.7. The van der Waals surface area contributed by atoms with E-state index in [1.165, 1.54) is 38.5 Å². The highest BCUT2D eigenvalue weighted by atomic mass is 35.5. The molecule has 6 heteroatoms. The van der Waals surface area contributed by atoms with Crippen LogP contribution in [0.5, 0.6) is 0 Å². The van der Waals surface area contributed by atoms with Gasteiger partial charge in [0.2, 0.25) is 0 Å². The molecule has 0 unspecified atom stereocenters. The van der Waals surface area contributed by atoms with Crippen molar-refractivity contribution in [1.82, 2.24) is 9.88 Å². The molecule has 0 radical (unpaired) electrons. The minimum Gasteiger partial charge on any atom is -0.385 e. The van der Waals surface area contributed by atoms with Crippen molar-refractivity contribution in [3.8, 4) is 0 Å². The highest BCUT2D eigenvalue weighted by molar-refractivity contribution is 6.36. The Kier molecular flexibility index (Phi) is 4.68. The molecule has 7 rings (SSSR count). The third-order valence-corrected chi connectivity index (χ3v) is 8.76. The molecule has 4 saturated carbocycles. The van der Waals surface area contributed by atoms with Crippen LogP contribution in [-0.2, 0) is 11.3 Å². The first-order valence-electron chi connectivity index (χ1n) is 11.8. The van der Waals surface area contributed by atoms with Gasteiger partial charge in [-0.3, -0.25) is 4.79 Å². The third kappa shape index (κ3) is 3.49. The Hall–Kier alpha value is -1.56. The van der Waals surface area contributed by atoms with Gasteiger partial charge in [0.05, 0.1) is 29.3 Å². The molecule has 5 nitrogen and oxygen atoms in total. The van der Waals surface area contributed by atoms with E-state index < -0.39 is 5.60 Å². The number of hydrogen-bond donors (Lipinski definition) is 2. The predicted molar refractivity (Wildman–Crippen MR) is 120 cm³/mol. The first-order valence-corrected chi connectivity index (χ1v) is 12.2. The van der Waals surface area contributed by atoms with Crippen LogP contribution in [0, 0.1) is 23.2 Å². The van der Waals surface area contributed by atoms with E-state index in [9.17, 15) is 9.90 Å². The second-order valence-corrected chi connectivity index (χ2v) is 11.3. The predicted octanol–water partition coefficient (Wildman–Crippen LogP) is 4.39. The van der Waals surface area contributed by atoms with Crippen LogP contribution < -0.4 is 5.32 Å². The van der Waals surface area contributed by atoms with Gasteiger partial charge in [-0.1, -0.05) is 17.7 Å². The SMILES string of the molecule is O=C(NCC12CC3CC(CC(C3)C1)C2)c1cn(CCC2(O)COC2)c2cccc(Cl)c12. The number of carbonyl (C=O) groups is 1. The lowest BCUT2D eigenvalue weighted by Gasteiger charge is -2.56. The van der Waals surface area contributed by atoms with Crippen molar-refractivity contribution in [3.05, 3.63) is 35.0 Å². The maximum Gasteiger partial charge on any atom is 0.253 e. The fourth-order valence-electron chi connectivity index (χ4n) is 7.35. The minimum absolute atomic E-state index is 0.0294. The second kappa shape index (κ2) is 7.23. The molecule has 1 saturated heterocycles. The number of rotatable bonds is 6. The Morgan fingerprint density at radius 1 is 1.16 bits per heavy atom. The zero-order chi connectivity index (χ0) is 21.2. The van der Waals surface area contributed by atoms with Crippen LogP contribution in [0.4, 0.5) is 0 Å². The molecule has 1 aromatic carbocycles. The Balaban J connectivity index is 1.22. The standard InChI is InChI=1S/C25H31ClN2O3/c26-20-2-1-3-21-22(20)19(12-28(21)5-4-25(30)14-31-15-25)23(29)27-13-24-9-16-6-17(10-24)8-18(7-16)11-24/h1-3,12,16-18,30H,4-11,13-15H2,(H,27,29). The molecule has 0 spiro atoms. The van der Waals surface area contributed by atoms with Gasteiger partial charge in [-0.15, -0.1) is 0 Å². The minimum atomic E-state index is -0.754. The van der Waals surface area contributed by atoms with E-state index in [0.717, 1.165) is 35.2 Å². The molecule has 4 bridgehead atoms. The number of amides is 1. The number of halogens is 1. The molecule has 2 N–H and O–H groups in total. The van der Waals surface area contributed by atoms with Gasteiger partial charge in [0.25, 0.3) is 5.91 Å². The largest absolute Gasteiger partial charge is 0.385 e. The highest BCUT2D eigenvalue weighted by Gasteiger charge is 2.50. The van der Waals surface area contributed by atoms with Crippen molar-refractivity contribution in [2.75, 3.05) is 19.8 Å². The van der Waals surface area contributed by atoms with Crippen LogP contribution >= 0.6 is 11.6 Å². The topological polar surface area (TPSA) is 63.5 Å². The van der Waals surface area contributed by atoms with Gasteiger partial charge >= 0.3 is 0 Å². The number of hydrogen-bond acceptors (Lipinski definition) is 3. The Morgan fingerprint density at radius 3 is 2.45 bits per heavy atom. The third-order valence-electron chi connectivity index (χ3n) is 8.45. The number of benzene rings is 1. The molecule has 31 heavy (non-hydrogen) atoms. The van der Waals surface area contributed by atoms with Crippen molar-refractivity contribution in [1.29, 1.82) is 0 Å². The number of fused-ring (bicyclic) bond motifs is 1. The van der Waals surface area contributed by atoms with Crippen molar-refractivity contribution in [3.63, 3.8) is 0 Å². The monoisotopic (exact) mass is 442 g/mol. The number of nitrogens with one attached hydrogen (secondary N) is 1. The lowest BCUT2D eigenvalue weighted by atomic mass is 9.49. The molecule has 166 valence electrons. The van der Waals surface area contributed by atoms with E-state index in [1.54, 1.807) is 0 Å². The van der Waals surface area contributed by atoms with Crippen LogP contribution in [0.25, 0.3) is 10.9 Å². The Bertz CT molecular complexity index is 990. The summed E-state index contributed by atoms with van der Waals surface area (Å²) in [5.41, 5.74) is 1.13. The molecule has 0 atom stereocenters. The average molecular weight is 443 g/mol. The molecule has 4 aliphatic carbocycles. The van der Waals surface area contributed by atoms with E-state index >= 15 is 0 Å². The normalized spacial score (nSPS) is 32.9. The number of carbonyl (C=O) groups excluding carboxylic acids is 1. The number of nitrogens with zero attached hydrogens (tertiary/aromatic N) is 1. The van der Waals surface area contributed by atoms with Crippen molar-refractivity contribution in [2.24, 2.45) is 23.2 Å². The zero-order valence-electron chi connectivity index (χ0n) is 17.9. The molecule has 5 fully saturated rings. The van der Waals surface area contributed by atoms with Gasteiger partial charge < -0.3 is 19.7 Å². The lowest BCUT2D eigenvalue weighted by molar-refractivity contribution is -0.182. The summed E-state index contributed by atoms with van der Waals surface area (Å²) in [6, 6.07) is 5.76. The van der Waals surface area contributed by atoms with Gasteiger partial charge in [0.1, 0.15) is 5.60 Å². The van der Waals surface area contributed by atoms with Crippen molar-refractivity contribution >= 4 is 28.4 Å². The summed E-state index contributed by atoms with van der Waals surface area (Å²) in [7, 11) is 0. The van der Waals surface area contributed by atoms with E-state index in [0.29, 0.717) is 42.2 Å². The summed E-state index contributed by atoms with van der Waals surface area (Å²) in [6.07, 6.45) is 10.6.